The van der Waals surface area contributed by atoms with E-state index < -0.39 is 0 Å². The Morgan fingerprint density at radius 1 is 0.421 bits per heavy atom. The molecule has 0 aliphatic heterocycles. The number of hydrogen-bond donors (Lipinski definition) is 0. The summed E-state index contributed by atoms with van der Waals surface area (Å²) in [5.74, 6) is 1.43. The molecule has 6 aromatic rings. The zero-order chi connectivity index (χ0) is 36.4. The Bertz CT molecular complexity index is 1840. The van der Waals surface area contributed by atoms with Gasteiger partial charge in [0.25, 0.3) is 0 Å². The van der Waals surface area contributed by atoms with Crippen LogP contribution in [0.4, 0.5) is 22.7 Å². The Morgan fingerprint density at radius 2 is 0.684 bits per heavy atom. The van der Waals surface area contributed by atoms with Crippen LogP contribution >= 0.6 is 0 Å². The molecule has 0 unspecified atom stereocenters. The summed E-state index contributed by atoms with van der Waals surface area (Å²) < 4.78 is 11.6. The molecule has 0 atom stereocenters. The van der Waals surface area contributed by atoms with Gasteiger partial charge in [-0.25, -0.2) is 0 Å². The molecular formula is C44H44Cl4N6O2Zn. The zero-order valence-corrected chi connectivity index (χ0v) is 38.0. The average molecular weight is 896 g/mol. The van der Waals surface area contributed by atoms with Gasteiger partial charge in [-0.3, -0.25) is 0 Å². The third-order valence-corrected chi connectivity index (χ3v) is 8.26. The second-order valence-corrected chi connectivity index (χ2v) is 12.0. The van der Waals surface area contributed by atoms with Gasteiger partial charge in [0.15, 0.2) is 21.5 Å². The van der Waals surface area contributed by atoms with Crippen LogP contribution < -0.4 is 68.9 Å². The van der Waals surface area contributed by atoms with Crippen molar-refractivity contribution in [3.63, 3.8) is 0 Å². The molecule has 6 rings (SSSR count). The molecule has 0 saturated heterocycles. The van der Waals surface area contributed by atoms with Crippen molar-refractivity contribution in [3.8, 4) is 11.5 Å². The summed E-state index contributed by atoms with van der Waals surface area (Å²) in [5.41, 5.74) is 7.82. The van der Waals surface area contributed by atoms with E-state index in [-0.39, 0.29) is 69.1 Å². The minimum atomic E-state index is 0. The van der Waals surface area contributed by atoms with E-state index >= 15 is 0 Å². The predicted molar refractivity (Wildman–Crippen MR) is 210 cm³/mol. The third kappa shape index (κ3) is 16.3. The van der Waals surface area contributed by atoms with Crippen LogP contribution in [0.3, 0.4) is 0 Å². The molecule has 0 bridgehead atoms. The summed E-state index contributed by atoms with van der Waals surface area (Å²) in [6.45, 7) is 8.02. The van der Waals surface area contributed by atoms with Crippen LogP contribution in [-0.2, 0) is 45.7 Å². The fraction of sp³-hybridized carbons (Fsp3) is 0.182. The van der Waals surface area contributed by atoms with Gasteiger partial charge in [-0.15, -0.1) is 0 Å². The molecule has 8 nitrogen and oxygen atoms in total. The van der Waals surface area contributed by atoms with Gasteiger partial charge in [0.05, 0.1) is 36.7 Å². The van der Waals surface area contributed by atoms with Crippen molar-refractivity contribution in [1.29, 1.82) is 10.8 Å². The minimum Gasteiger partial charge on any atom is -1.00 e. The van der Waals surface area contributed by atoms with Gasteiger partial charge < -0.3 is 68.9 Å². The van der Waals surface area contributed by atoms with Crippen molar-refractivity contribution >= 4 is 22.7 Å². The number of anilines is 2. The van der Waals surface area contributed by atoms with E-state index in [0.29, 0.717) is 24.6 Å². The molecule has 6 aromatic carbocycles. The summed E-state index contributed by atoms with van der Waals surface area (Å²) in [4.78, 5) is 11.1. The summed E-state index contributed by atoms with van der Waals surface area (Å²) >= 11 is 0. The first-order chi connectivity index (χ1) is 25.6. The van der Waals surface area contributed by atoms with Gasteiger partial charge in [-0.2, -0.15) is 0 Å². The van der Waals surface area contributed by atoms with Gasteiger partial charge in [0.1, 0.15) is 0 Å². The first kappa shape index (κ1) is 52.1. The zero-order valence-electron chi connectivity index (χ0n) is 32.0. The van der Waals surface area contributed by atoms with Crippen LogP contribution in [0, 0.1) is 10.8 Å². The van der Waals surface area contributed by atoms with Gasteiger partial charge in [-0.1, -0.05) is 121 Å². The predicted octanol–water partition coefficient (Wildman–Crippen LogP) is -0.433. The summed E-state index contributed by atoms with van der Waals surface area (Å²) in [6, 6.07) is 52.5. The van der Waals surface area contributed by atoms with Crippen LogP contribution in [0.15, 0.2) is 158 Å². The SMILES string of the molecule is CCOc1cc([N+]#N)ccc1N(Cc1ccccc1)Cc1ccccc1.CCOc1cc([N+]#N)ccc1N(Cc1ccccc1)Cc1ccccc1.[Cl-].[Cl-].[Cl-].[Cl-].[Zn+2]. The van der Waals surface area contributed by atoms with E-state index in [1.165, 1.54) is 22.3 Å². The summed E-state index contributed by atoms with van der Waals surface area (Å²) in [5, 5.41) is 18.2. The van der Waals surface area contributed by atoms with E-state index in [1.807, 2.05) is 98.8 Å². The second-order valence-electron chi connectivity index (χ2n) is 12.0. The van der Waals surface area contributed by atoms with Crippen LogP contribution in [0.25, 0.3) is 9.95 Å². The smallest absolute Gasteiger partial charge is 1.00 e. The molecule has 0 aliphatic rings. The Balaban J connectivity index is 0.00000101. The maximum atomic E-state index is 9.09. The van der Waals surface area contributed by atoms with Crippen molar-refractivity contribution in [2.45, 2.75) is 40.0 Å². The van der Waals surface area contributed by atoms with E-state index in [2.05, 4.69) is 68.3 Å². The third-order valence-electron chi connectivity index (χ3n) is 8.26. The molecular weight excluding hydrogens is 852 g/mol. The molecule has 292 valence electrons. The topological polar surface area (TPSA) is 81.2 Å². The number of diazo groups is 2. The van der Waals surface area contributed by atoms with Crippen LogP contribution in [-0.4, -0.2) is 13.2 Å². The van der Waals surface area contributed by atoms with Gasteiger partial charge in [-0.05, 0) is 48.2 Å². The first-order valence-corrected chi connectivity index (χ1v) is 17.5. The molecule has 0 aliphatic carbocycles. The number of nitrogens with zero attached hydrogens (tertiary/aromatic N) is 6. The van der Waals surface area contributed by atoms with E-state index in [0.717, 1.165) is 49.1 Å². The number of benzene rings is 6. The molecule has 0 N–H and O–H groups in total. The molecule has 0 saturated carbocycles. The van der Waals surface area contributed by atoms with Crippen molar-refractivity contribution in [3.05, 3.63) is 190 Å². The fourth-order valence-corrected chi connectivity index (χ4v) is 5.86. The molecule has 0 amide bonds. The van der Waals surface area contributed by atoms with Crippen LogP contribution in [0.5, 0.6) is 11.5 Å². The largest absolute Gasteiger partial charge is 2.00 e. The van der Waals surface area contributed by atoms with Gasteiger partial charge in [0.2, 0.25) is 10.8 Å². The minimum absolute atomic E-state index is 0. The second kappa shape index (κ2) is 28.5. The average Bonchev–Trinajstić information content (AvgIpc) is 3.19. The van der Waals surface area contributed by atoms with Crippen molar-refractivity contribution in [2.75, 3.05) is 23.0 Å². The fourth-order valence-electron chi connectivity index (χ4n) is 5.86. The van der Waals surface area contributed by atoms with Crippen LogP contribution in [0.1, 0.15) is 36.1 Å². The molecule has 57 heavy (non-hydrogen) atoms. The maximum absolute atomic E-state index is 9.09. The molecule has 13 heteroatoms. The number of halogens is 4. The van der Waals surface area contributed by atoms with Crippen molar-refractivity contribution in [1.82, 2.24) is 0 Å². The first-order valence-electron chi connectivity index (χ1n) is 17.5. The number of ether oxygens (including phenoxy) is 2. The van der Waals surface area contributed by atoms with E-state index in [9.17, 15) is 0 Å². The molecule has 0 radical (unpaired) electrons. The quantitative estimate of drug-likeness (QED) is 0.109. The van der Waals surface area contributed by atoms with E-state index in [4.69, 9.17) is 20.3 Å². The van der Waals surface area contributed by atoms with Crippen LogP contribution in [0.2, 0.25) is 0 Å². The molecule has 0 fully saturated rings. The maximum Gasteiger partial charge on any atom is 2.00 e. The normalized spacial score (nSPS) is 9.26. The summed E-state index contributed by atoms with van der Waals surface area (Å²) in [6.07, 6.45) is 0. The van der Waals surface area contributed by atoms with Crippen molar-refractivity contribution < 1.29 is 78.6 Å². The Kier molecular flexibility index (Phi) is 26.1. The monoisotopic (exact) mass is 892 g/mol. The molecule has 0 aromatic heterocycles. The Labute approximate surface area is 374 Å². The molecule has 0 heterocycles. The van der Waals surface area contributed by atoms with E-state index in [1.54, 1.807) is 24.3 Å². The standard InChI is InChI=1S/2C22H22N3O.4ClH.Zn/c2*1-2-26-22-15-20(24-23)13-14-21(22)25(16-18-9-5-3-6-10-18)17-19-11-7-4-8-12-19;;;;;/h2*3-15H,2,16-17H2,1H3;4*1H;/q2*+1;;;;;+2/p-4. The summed E-state index contributed by atoms with van der Waals surface area (Å²) in [7, 11) is 0. The number of hydrogen-bond acceptors (Lipinski definition) is 6. The van der Waals surface area contributed by atoms with Gasteiger partial charge in [0, 0.05) is 38.3 Å². The Morgan fingerprint density at radius 3 is 0.912 bits per heavy atom. The van der Waals surface area contributed by atoms with Gasteiger partial charge >= 0.3 is 30.9 Å². The Hall–Kier alpha value is -4.86. The van der Waals surface area contributed by atoms with Crippen molar-refractivity contribution in [2.24, 2.45) is 0 Å². The molecule has 0 spiro atoms. The number of rotatable bonds is 14.